The van der Waals surface area contributed by atoms with E-state index in [1.807, 2.05) is 13.8 Å². The monoisotopic (exact) mass is 522 g/mol. The number of rotatable bonds is 7. The van der Waals surface area contributed by atoms with Crippen LogP contribution >= 0.6 is 0 Å². The highest BCUT2D eigenvalue weighted by Crippen LogP contribution is 2.35. The zero-order valence-electron chi connectivity index (χ0n) is 24.6. The Hall–Kier alpha value is -2.86. The van der Waals surface area contributed by atoms with E-state index in [4.69, 9.17) is 9.47 Å². The lowest BCUT2D eigenvalue weighted by molar-refractivity contribution is -0.144. The van der Waals surface area contributed by atoms with Gasteiger partial charge in [0.25, 0.3) is 0 Å². The Morgan fingerprint density at radius 2 is 1.34 bits per heavy atom. The lowest BCUT2D eigenvalue weighted by Crippen LogP contribution is -2.46. The van der Waals surface area contributed by atoms with Crippen LogP contribution in [0.4, 0.5) is 4.79 Å². The largest absolute Gasteiger partial charge is 0.467 e. The predicted octanol–water partition coefficient (Wildman–Crippen LogP) is 6.07. The van der Waals surface area contributed by atoms with E-state index in [1.165, 1.54) is 29.4 Å². The molecule has 2 aromatic carbocycles. The van der Waals surface area contributed by atoms with Gasteiger partial charge in [0.1, 0.15) is 12.1 Å². The minimum Gasteiger partial charge on any atom is -0.467 e. The Balaban J connectivity index is 1.81. The van der Waals surface area contributed by atoms with Crippen molar-refractivity contribution in [3.05, 3.63) is 70.8 Å². The van der Waals surface area contributed by atoms with Gasteiger partial charge in [0, 0.05) is 24.9 Å². The minimum absolute atomic E-state index is 0.0817. The second-order valence-electron chi connectivity index (χ2n) is 12.9. The topological polar surface area (TPSA) is 76.7 Å². The molecule has 3 rings (SSSR count). The third-order valence-corrected chi connectivity index (χ3v) is 7.47. The molecule has 3 atom stereocenters. The standard InChI is InChI=1S/C32H46N2O4/c1-20(2)28(29(35)37-9)34-30(36)38-25-18-26(33-19-25)27(21-10-14-23(15-11-21)31(3,4)5)22-12-16-24(17-13-22)32(6,7)8/h10-17,20,25-28,33H,18-19H2,1-9H3,(H,34,36). The van der Waals surface area contributed by atoms with Crippen molar-refractivity contribution in [3.8, 4) is 0 Å². The number of benzene rings is 2. The molecule has 0 aliphatic carbocycles. The first-order chi connectivity index (χ1) is 17.7. The minimum atomic E-state index is -0.743. The van der Waals surface area contributed by atoms with E-state index in [-0.39, 0.29) is 34.8 Å². The summed E-state index contributed by atoms with van der Waals surface area (Å²) in [7, 11) is 1.32. The first kappa shape index (κ1) is 29.7. The van der Waals surface area contributed by atoms with Crippen molar-refractivity contribution in [3.63, 3.8) is 0 Å². The number of esters is 1. The highest BCUT2D eigenvalue weighted by molar-refractivity contribution is 5.81. The summed E-state index contributed by atoms with van der Waals surface area (Å²) in [5.74, 6) is -0.481. The smallest absolute Gasteiger partial charge is 0.408 e. The number of hydrogen-bond donors (Lipinski definition) is 2. The van der Waals surface area contributed by atoms with Crippen LogP contribution in [0.25, 0.3) is 0 Å². The number of carbonyl (C=O) groups excluding carboxylic acids is 2. The molecule has 2 N–H and O–H groups in total. The number of ether oxygens (including phenoxy) is 2. The Labute approximate surface area is 228 Å². The Morgan fingerprint density at radius 1 is 0.868 bits per heavy atom. The van der Waals surface area contributed by atoms with Crippen LogP contribution < -0.4 is 10.6 Å². The predicted molar refractivity (Wildman–Crippen MR) is 153 cm³/mol. The highest BCUT2D eigenvalue weighted by Gasteiger charge is 2.35. The van der Waals surface area contributed by atoms with Crippen LogP contribution in [0.3, 0.4) is 0 Å². The molecule has 0 radical (unpaired) electrons. The fourth-order valence-electron chi connectivity index (χ4n) is 5.05. The van der Waals surface area contributed by atoms with Crippen LogP contribution in [0, 0.1) is 5.92 Å². The van der Waals surface area contributed by atoms with Gasteiger partial charge in [-0.1, -0.05) is 104 Å². The molecule has 6 heteroatoms. The molecular formula is C32H46N2O4. The van der Waals surface area contributed by atoms with Crippen molar-refractivity contribution in [2.24, 2.45) is 5.92 Å². The SMILES string of the molecule is COC(=O)C(NC(=O)OC1CNC(C(c2ccc(C(C)(C)C)cc2)c2ccc(C(C)(C)C)cc2)C1)C(C)C. The van der Waals surface area contributed by atoms with E-state index >= 15 is 0 Å². The van der Waals surface area contributed by atoms with Crippen molar-refractivity contribution in [2.75, 3.05) is 13.7 Å². The summed E-state index contributed by atoms with van der Waals surface area (Å²) >= 11 is 0. The quantitative estimate of drug-likeness (QED) is 0.432. The molecule has 1 aliphatic rings. The van der Waals surface area contributed by atoms with E-state index in [9.17, 15) is 9.59 Å². The highest BCUT2D eigenvalue weighted by atomic mass is 16.6. The summed E-state index contributed by atoms with van der Waals surface area (Å²) < 4.78 is 10.6. The van der Waals surface area contributed by atoms with Gasteiger partial charge in [0.2, 0.25) is 0 Å². The van der Waals surface area contributed by atoms with E-state index in [0.717, 1.165) is 0 Å². The Kier molecular flexibility index (Phi) is 9.30. The van der Waals surface area contributed by atoms with Crippen molar-refractivity contribution < 1.29 is 19.1 Å². The van der Waals surface area contributed by atoms with E-state index < -0.39 is 18.1 Å². The maximum Gasteiger partial charge on any atom is 0.408 e. The van der Waals surface area contributed by atoms with Gasteiger partial charge in [-0.25, -0.2) is 9.59 Å². The summed E-state index contributed by atoms with van der Waals surface area (Å²) in [6.07, 6.45) is -0.220. The summed E-state index contributed by atoms with van der Waals surface area (Å²) in [4.78, 5) is 24.7. The molecule has 0 saturated carbocycles. The van der Waals surface area contributed by atoms with Crippen LogP contribution in [0.1, 0.15) is 90.0 Å². The molecule has 1 fully saturated rings. The molecule has 3 unspecified atom stereocenters. The number of carbonyl (C=O) groups is 2. The van der Waals surface area contributed by atoms with Gasteiger partial charge in [-0.3, -0.25) is 0 Å². The summed E-state index contributed by atoms with van der Waals surface area (Å²) in [5, 5.41) is 6.29. The normalized spacial score (nSPS) is 18.9. The molecule has 208 valence electrons. The molecule has 2 aromatic rings. The number of alkyl carbamates (subject to hydrolysis) is 1. The molecule has 1 heterocycles. The number of nitrogens with one attached hydrogen (secondary N) is 2. The molecule has 6 nitrogen and oxygen atoms in total. The average Bonchev–Trinajstić information content (AvgIpc) is 3.29. The second-order valence-corrected chi connectivity index (χ2v) is 12.9. The third kappa shape index (κ3) is 7.37. The maximum absolute atomic E-state index is 12.6. The fourth-order valence-corrected chi connectivity index (χ4v) is 5.05. The first-order valence-electron chi connectivity index (χ1n) is 13.7. The molecule has 1 aliphatic heterocycles. The van der Waals surface area contributed by atoms with Crippen LogP contribution in [-0.4, -0.2) is 43.9 Å². The number of hydrogen-bond acceptors (Lipinski definition) is 5. The molecule has 0 aromatic heterocycles. The Bertz CT molecular complexity index is 1020. The van der Waals surface area contributed by atoms with E-state index in [1.54, 1.807) is 0 Å². The van der Waals surface area contributed by atoms with Crippen LogP contribution in [-0.2, 0) is 25.1 Å². The third-order valence-electron chi connectivity index (χ3n) is 7.47. The van der Waals surface area contributed by atoms with E-state index in [0.29, 0.717) is 13.0 Å². The van der Waals surface area contributed by atoms with E-state index in [2.05, 4.69) is 101 Å². The van der Waals surface area contributed by atoms with Crippen molar-refractivity contribution >= 4 is 12.1 Å². The van der Waals surface area contributed by atoms with Crippen LogP contribution in [0.2, 0.25) is 0 Å². The van der Waals surface area contributed by atoms with Crippen LogP contribution in [0.15, 0.2) is 48.5 Å². The van der Waals surface area contributed by atoms with Gasteiger partial charge in [-0.2, -0.15) is 0 Å². The first-order valence-corrected chi connectivity index (χ1v) is 13.7. The van der Waals surface area contributed by atoms with Crippen molar-refractivity contribution in [2.45, 2.75) is 96.7 Å². The maximum atomic E-state index is 12.6. The molecule has 38 heavy (non-hydrogen) atoms. The summed E-state index contributed by atoms with van der Waals surface area (Å²) in [5.41, 5.74) is 5.22. The molecular weight excluding hydrogens is 476 g/mol. The van der Waals surface area contributed by atoms with Gasteiger partial charge in [-0.05, 0) is 39.0 Å². The average molecular weight is 523 g/mol. The lowest BCUT2D eigenvalue weighted by atomic mass is 9.80. The number of methoxy groups -OCH3 is 1. The van der Waals surface area contributed by atoms with Crippen molar-refractivity contribution in [1.29, 1.82) is 0 Å². The number of amides is 1. The second kappa shape index (κ2) is 11.9. The molecule has 0 bridgehead atoms. The van der Waals surface area contributed by atoms with Gasteiger partial charge >= 0.3 is 12.1 Å². The van der Waals surface area contributed by atoms with Gasteiger partial charge in [0.05, 0.1) is 7.11 Å². The summed E-state index contributed by atoms with van der Waals surface area (Å²) in [6.45, 7) is 17.6. The zero-order chi connectivity index (χ0) is 28.3. The van der Waals surface area contributed by atoms with Crippen LogP contribution in [0.5, 0.6) is 0 Å². The zero-order valence-corrected chi connectivity index (χ0v) is 24.6. The summed E-state index contributed by atoms with van der Waals surface area (Å²) in [6, 6.07) is 17.2. The fraction of sp³-hybridized carbons (Fsp3) is 0.562. The van der Waals surface area contributed by atoms with Gasteiger partial charge < -0.3 is 20.1 Å². The van der Waals surface area contributed by atoms with Gasteiger partial charge in [0.15, 0.2) is 0 Å². The molecule has 1 saturated heterocycles. The lowest BCUT2D eigenvalue weighted by Gasteiger charge is -2.27. The van der Waals surface area contributed by atoms with Crippen molar-refractivity contribution in [1.82, 2.24) is 10.6 Å². The molecule has 0 spiro atoms. The Morgan fingerprint density at radius 3 is 1.74 bits per heavy atom. The van der Waals surface area contributed by atoms with Gasteiger partial charge in [-0.15, -0.1) is 0 Å². The molecule has 1 amide bonds.